The monoisotopic (exact) mass is 368 g/mol. The predicted octanol–water partition coefficient (Wildman–Crippen LogP) is 2.27. The van der Waals surface area contributed by atoms with Crippen molar-refractivity contribution in [2.75, 3.05) is 18.0 Å². The van der Waals surface area contributed by atoms with E-state index in [0.717, 1.165) is 49.0 Å². The van der Waals surface area contributed by atoms with Gasteiger partial charge in [-0.15, -0.1) is 11.3 Å². The molecule has 1 saturated heterocycles. The Kier molecular flexibility index (Phi) is 4.66. The normalized spacial score (nSPS) is 17.4. The van der Waals surface area contributed by atoms with Gasteiger partial charge in [-0.25, -0.2) is 9.97 Å². The van der Waals surface area contributed by atoms with Crippen molar-refractivity contribution in [3.63, 3.8) is 0 Å². The second-order valence-electron chi connectivity index (χ2n) is 6.44. The molecule has 1 aliphatic rings. The number of anilines is 1. The number of carbonyl (C=O) groups is 1. The molecule has 2 N–H and O–H groups in total. The smallest absolute Gasteiger partial charge is 0.268 e. The highest BCUT2D eigenvalue weighted by Crippen LogP contribution is 2.31. The van der Waals surface area contributed by atoms with Crippen LogP contribution in [0.4, 0.5) is 5.13 Å². The number of nitrogens with zero attached hydrogens (tertiary/aromatic N) is 5. The van der Waals surface area contributed by atoms with Crippen molar-refractivity contribution in [2.45, 2.75) is 25.3 Å². The van der Waals surface area contributed by atoms with E-state index < -0.39 is 5.91 Å². The van der Waals surface area contributed by atoms with E-state index in [1.807, 2.05) is 24.7 Å². The van der Waals surface area contributed by atoms with Gasteiger partial charge in [0.25, 0.3) is 5.91 Å². The maximum atomic E-state index is 11.3. The number of piperidine rings is 1. The van der Waals surface area contributed by atoms with E-state index in [1.54, 1.807) is 11.6 Å². The largest absolute Gasteiger partial charge is 0.364 e. The van der Waals surface area contributed by atoms with Gasteiger partial charge in [0.05, 0.1) is 6.54 Å². The Labute approximate surface area is 155 Å². The topological polar surface area (TPSA) is 89.9 Å². The van der Waals surface area contributed by atoms with Gasteiger partial charge < -0.3 is 15.2 Å². The first-order valence-corrected chi connectivity index (χ1v) is 9.49. The number of amides is 1. The van der Waals surface area contributed by atoms with Gasteiger partial charge >= 0.3 is 0 Å². The van der Waals surface area contributed by atoms with Crippen molar-refractivity contribution in [1.82, 2.24) is 19.5 Å². The van der Waals surface area contributed by atoms with E-state index in [1.165, 1.54) is 11.3 Å². The first kappa shape index (κ1) is 16.7. The van der Waals surface area contributed by atoms with Crippen molar-refractivity contribution in [3.05, 3.63) is 59.4 Å². The first-order chi connectivity index (χ1) is 12.7. The van der Waals surface area contributed by atoms with E-state index in [-0.39, 0.29) is 0 Å². The highest BCUT2D eigenvalue weighted by atomic mass is 32.1. The second-order valence-corrected chi connectivity index (χ2v) is 7.28. The number of aromatic nitrogens is 4. The Hall–Kier alpha value is -2.74. The number of primary amides is 1. The number of hydrogen-bond acceptors (Lipinski definition) is 6. The predicted molar refractivity (Wildman–Crippen MR) is 100 cm³/mol. The lowest BCUT2D eigenvalue weighted by Crippen LogP contribution is -2.35. The summed E-state index contributed by atoms with van der Waals surface area (Å²) in [6.45, 7) is 2.55. The van der Waals surface area contributed by atoms with Gasteiger partial charge in [0.15, 0.2) is 5.13 Å². The molecule has 1 aliphatic heterocycles. The number of imidazole rings is 1. The lowest BCUT2D eigenvalue weighted by molar-refractivity contribution is 0.0996. The maximum Gasteiger partial charge on any atom is 0.268 e. The van der Waals surface area contributed by atoms with Crippen LogP contribution in [0.3, 0.4) is 0 Å². The average molecular weight is 368 g/mol. The van der Waals surface area contributed by atoms with Crippen LogP contribution in [0.2, 0.25) is 0 Å². The Morgan fingerprint density at radius 3 is 3.08 bits per heavy atom. The molecule has 0 spiro atoms. The molecule has 1 atom stereocenters. The van der Waals surface area contributed by atoms with Crippen LogP contribution in [-0.4, -0.2) is 38.5 Å². The Morgan fingerprint density at radius 2 is 2.31 bits per heavy atom. The highest BCUT2D eigenvalue weighted by Gasteiger charge is 2.26. The molecule has 0 bridgehead atoms. The zero-order valence-corrected chi connectivity index (χ0v) is 15.1. The molecule has 8 heteroatoms. The molecule has 1 fully saturated rings. The molecule has 4 heterocycles. The fraction of sp³-hybridized carbons (Fsp3) is 0.333. The summed E-state index contributed by atoms with van der Waals surface area (Å²) in [5.41, 5.74) is 6.82. The fourth-order valence-corrected chi connectivity index (χ4v) is 4.24. The molecule has 3 aromatic heterocycles. The van der Waals surface area contributed by atoms with Crippen LogP contribution in [0.1, 0.15) is 40.6 Å². The van der Waals surface area contributed by atoms with E-state index in [2.05, 4.69) is 30.5 Å². The summed E-state index contributed by atoms with van der Waals surface area (Å²) in [5, 5.41) is 2.58. The Balaban J connectivity index is 1.51. The molecule has 4 rings (SSSR count). The third-order valence-corrected chi connectivity index (χ3v) is 5.53. The molecule has 26 heavy (non-hydrogen) atoms. The van der Waals surface area contributed by atoms with Crippen molar-refractivity contribution in [1.29, 1.82) is 0 Å². The number of carbonyl (C=O) groups excluding carboxylic acids is 1. The van der Waals surface area contributed by atoms with Crippen LogP contribution in [-0.2, 0) is 6.54 Å². The summed E-state index contributed by atoms with van der Waals surface area (Å²) in [5.74, 6) is 0.939. The van der Waals surface area contributed by atoms with Crippen molar-refractivity contribution < 1.29 is 4.79 Å². The average Bonchev–Trinajstić information content (AvgIpc) is 3.32. The summed E-state index contributed by atoms with van der Waals surface area (Å²) in [7, 11) is 0. The van der Waals surface area contributed by atoms with Crippen LogP contribution in [0.15, 0.2) is 42.3 Å². The second kappa shape index (κ2) is 7.25. The minimum absolute atomic E-state index is 0.330. The molecule has 0 radical (unpaired) electrons. The third kappa shape index (κ3) is 3.45. The summed E-state index contributed by atoms with van der Waals surface area (Å²) in [6.07, 6.45) is 9.71. The zero-order valence-electron chi connectivity index (χ0n) is 14.3. The number of thiazole rings is 1. The maximum absolute atomic E-state index is 11.3. The van der Waals surface area contributed by atoms with Gasteiger partial charge in [0.2, 0.25) is 0 Å². The van der Waals surface area contributed by atoms with Gasteiger partial charge in [0.1, 0.15) is 11.5 Å². The minimum Gasteiger partial charge on any atom is -0.364 e. The molecular weight excluding hydrogens is 348 g/mol. The minimum atomic E-state index is -0.479. The SMILES string of the molecule is NC(=O)c1csc(N2CCC[C@@H](c3nccn3Cc3cccnc3)C2)n1. The molecule has 1 amide bonds. The standard InChI is InChI=1S/C18H20N6OS/c19-16(25)15-12-26-18(22-15)24-7-2-4-14(11-24)17-21-6-8-23(17)10-13-3-1-5-20-9-13/h1,3,5-6,8-9,12,14H,2,4,7,10-11H2,(H2,19,25)/t14-/m1/s1. The molecular formula is C18H20N6OS. The molecule has 3 aromatic rings. The summed E-state index contributed by atoms with van der Waals surface area (Å²) >= 11 is 1.47. The Bertz CT molecular complexity index is 890. The molecule has 0 aliphatic carbocycles. The van der Waals surface area contributed by atoms with Crippen LogP contribution in [0, 0.1) is 0 Å². The van der Waals surface area contributed by atoms with E-state index in [4.69, 9.17) is 5.73 Å². The summed E-state index contributed by atoms with van der Waals surface area (Å²) < 4.78 is 2.20. The molecule has 0 aromatic carbocycles. The zero-order chi connectivity index (χ0) is 17.9. The molecule has 7 nitrogen and oxygen atoms in total. The van der Waals surface area contributed by atoms with Gasteiger partial charge in [-0.05, 0) is 24.5 Å². The van der Waals surface area contributed by atoms with Crippen LogP contribution < -0.4 is 10.6 Å². The third-order valence-electron chi connectivity index (χ3n) is 4.62. The quantitative estimate of drug-likeness (QED) is 0.746. The van der Waals surface area contributed by atoms with Gasteiger partial charge in [0, 0.05) is 49.2 Å². The number of pyridine rings is 1. The number of nitrogens with two attached hydrogens (primary N) is 1. The lowest BCUT2D eigenvalue weighted by atomic mass is 9.97. The number of hydrogen-bond donors (Lipinski definition) is 1. The van der Waals surface area contributed by atoms with E-state index >= 15 is 0 Å². The summed E-state index contributed by atoms with van der Waals surface area (Å²) in [6, 6.07) is 4.03. The summed E-state index contributed by atoms with van der Waals surface area (Å²) in [4.78, 5) is 26.7. The highest BCUT2D eigenvalue weighted by molar-refractivity contribution is 7.13. The first-order valence-electron chi connectivity index (χ1n) is 8.61. The van der Waals surface area contributed by atoms with Crippen LogP contribution in [0.25, 0.3) is 0 Å². The molecule has 0 saturated carbocycles. The van der Waals surface area contributed by atoms with Crippen molar-refractivity contribution >= 4 is 22.4 Å². The molecule has 134 valence electrons. The van der Waals surface area contributed by atoms with Crippen LogP contribution >= 0.6 is 11.3 Å². The van der Waals surface area contributed by atoms with E-state index in [0.29, 0.717) is 11.6 Å². The van der Waals surface area contributed by atoms with Gasteiger partial charge in [-0.3, -0.25) is 9.78 Å². The molecule has 0 unspecified atom stereocenters. The van der Waals surface area contributed by atoms with Gasteiger partial charge in [-0.2, -0.15) is 0 Å². The van der Waals surface area contributed by atoms with Crippen LogP contribution in [0.5, 0.6) is 0 Å². The van der Waals surface area contributed by atoms with E-state index in [9.17, 15) is 4.79 Å². The van der Waals surface area contributed by atoms with Gasteiger partial charge in [-0.1, -0.05) is 6.07 Å². The number of rotatable bonds is 5. The fourth-order valence-electron chi connectivity index (χ4n) is 3.39. The Morgan fingerprint density at radius 1 is 1.38 bits per heavy atom. The van der Waals surface area contributed by atoms with Crippen molar-refractivity contribution in [2.24, 2.45) is 5.73 Å². The van der Waals surface area contributed by atoms with Crippen molar-refractivity contribution in [3.8, 4) is 0 Å². The lowest BCUT2D eigenvalue weighted by Gasteiger charge is -2.32.